The molecule has 0 saturated heterocycles. The maximum atomic E-state index is 11.6. The zero-order chi connectivity index (χ0) is 13.0. The number of hydrogen-bond acceptors (Lipinski definition) is 4. The number of aromatic nitrogens is 2. The Hall–Kier alpha value is -2.15. The minimum atomic E-state index is -0.978. The summed E-state index contributed by atoms with van der Waals surface area (Å²) in [6.45, 7) is -0.222. The van der Waals surface area contributed by atoms with Crippen LogP contribution in [-0.2, 0) is 22.6 Å². The van der Waals surface area contributed by atoms with E-state index in [1.807, 2.05) is 16.8 Å². The normalized spacial score (nSPS) is 10.2. The molecule has 2 heterocycles. The van der Waals surface area contributed by atoms with E-state index in [4.69, 9.17) is 5.11 Å². The summed E-state index contributed by atoms with van der Waals surface area (Å²) in [5.41, 5.74) is 0.947. The van der Waals surface area contributed by atoms with E-state index in [1.54, 1.807) is 6.07 Å². The van der Waals surface area contributed by atoms with Crippen molar-refractivity contribution in [1.29, 1.82) is 0 Å². The standard InChI is InChI=1S/C11H11N3O3S/c15-10(5-8-2-4-18-7-8)12-9-1-3-14(13-9)6-11(16)17/h1-4,7H,5-6H2,(H,16,17)(H,12,13,15). The fourth-order valence-electron chi connectivity index (χ4n) is 1.42. The molecule has 0 saturated carbocycles. The molecule has 0 fully saturated rings. The van der Waals surface area contributed by atoms with E-state index < -0.39 is 5.97 Å². The minimum Gasteiger partial charge on any atom is -0.480 e. The molecule has 0 atom stereocenters. The highest BCUT2D eigenvalue weighted by molar-refractivity contribution is 7.08. The van der Waals surface area contributed by atoms with E-state index in [9.17, 15) is 9.59 Å². The van der Waals surface area contributed by atoms with Crippen molar-refractivity contribution in [3.05, 3.63) is 34.7 Å². The van der Waals surface area contributed by atoms with Gasteiger partial charge in [0.1, 0.15) is 6.54 Å². The lowest BCUT2D eigenvalue weighted by Crippen LogP contribution is -2.15. The average Bonchev–Trinajstić information content (AvgIpc) is 2.89. The Morgan fingerprint density at radius 3 is 2.94 bits per heavy atom. The molecule has 2 aromatic rings. The van der Waals surface area contributed by atoms with E-state index in [-0.39, 0.29) is 18.9 Å². The fraction of sp³-hybridized carbons (Fsp3) is 0.182. The van der Waals surface area contributed by atoms with Crippen LogP contribution >= 0.6 is 11.3 Å². The molecule has 6 nitrogen and oxygen atoms in total. The van der Waals surface area contributed by atoms with E-state index in [0.717, 1.165) is 5.56 Å². The number of amides is 1. The van der Waals surface area contributed by atoms with Crippen molar-refractivity contribution in [1.82, 2.24) is 9.78 Å². The topological polar surface area (TPSA) is 84.2 Å². The largest absolute Gasteiger partial charge is 0.480 e. The Morgan fingerprint density at radius 2 is 2.28 bits per heavy atom. The molecule has 1 amide bonds. The molecule has 0 radical (unpaired) electrons. The zero-order valence-electron chi connectivity index (χ0n) is 9.37. The van der Waals surface area contributed by atoms with Crippen LogP contribution < -0.4 is 5.32 Å². The Kier molecular flexibility index (Phi) is 3.73. The lowest BCUT2D eigenvalue weighted by atomic mass is 10.2. The van der Waals surface area contributed by atoms with Gasteiger partial charge in [-0.1, -0.05) is 0 Å². The summed E-state index contributed by atoms with van der Waals surface area (Å²) < 4.78 is 1.25. The monoisotopic (exact) mass is 265 g/mol. The summed E-state index contributed by atoms with van der Waals surface area (Å²) in [4.78, 5) is 22.1. The van der Waals surface area contributed by atoms with Gasteiger partial charge < -0.3 is 10.4 Å². The van der Waals surface area contributed by atoms with Crippen molar-refractivity contribution in [3.63, 3.8) is 0 Å². The Balaban J connectivity index is 1.91. The van der Waals surface area contributed by atoms with Crippen molar-refractivity contribution < 1.29 is 14.7 Å². The first-order chi connectivity index (χ1) is 8.63. The minimum absolute atomic E-state index is 0.172. The molecule has 2 aromatic heterocycles. The molecule has 0 aliphatic carbocycles. The number of carbonyl (C=O) groups is 2. The summed E-state index contributed by atoms with van der Waals surface area (Å²) in [6, 6.07) is 3.45. The Labute approximate surface area is 107 Å². The molecule has 94 valence electrons. The van der Waals surface area contributed by atoms with Crippen molar-refractivity contribution in [2.45, 2.75) is 13.0 Å². The fourth-order valence-corrected chi connectivity index (χ4v) is 2.09. The molecule has 0 spiro atoms. The average molecular weight is 265 g/mol. The molecule has 0 aromatic carbocycles. The van der Waals surface area contributed by atoms with Gasteiger partial charge in [-0.15, -0.1) is 0 Å². The first kappa shape index (κ1) is 12.3. The van der Waals surface area contributed by atoms with Gasteiger partial charge in [-0.05, 0) is 22.4 Å². The molecular formula is C11H11N3O3S. The Bertz CT molecular complexity index is 548. The number of nitrogens with zero attached hydrogens (tertiary/aromatic N) is 2. The van der Waals surface area contributed by atoms with Crippen molar-refractivity contribution in [2.75, 3.05) is 5.32 Å². The molecule has 0 aliphatic rings. The highest BCUT2D eigenvalue weighted by atomic mass is 32.1. The van der Waals surface area contributed by atoms with Crippen LogP contribution in [0.4, 0.5) is 5.82 Å². The van der Waals surface area contributed by atoms with Gasteiger partial charge in [-0.3, -0.25) is 14.3 Å². The zero-order valence-corrected chi connectivity index (χ0v) is 10.2. The van der Waals surface area contributed by atoms with E-state index >= 15 is 0 Å². The first-order valence-electron chi connectivity index (χ1n) is 5.19. The number of rotatable bonds is 5. The van der Waals surface area contributed by atoms with Gasteiger partial charge in [0.15, 0.2) is 5.82 Å². The van der Waals surface area contributed by atoms with Crippen LogP contribution in [0.3, 0.4) is 0 Å². The van der Waals surface area contributed by atoms with Crippen LogP contribution in [0.1, 0.15) is 5.56 Å². The van der Waals surface area contributed by atoms with Crippen LogP contribution in [0, 0.1) is 0 Å². The van der Waals surface area contributed by atoms with E-state index in [1.165, 1.54) is 22.2 Å². The third kappa shape index (κ3) is 3.42. The number of carbonyl (C=O) groups excluding carboxylic acids is 1. The molecule has 0 unspecified atom stereocenters. The van der Waals surface area contributed by atoms with E-state index in [2.05, 4.69) is 10.4 Å². The number of carboxylic acids is 1. The van der Waals surface area contributed by atoms with Crippen LogP contribution in [0.2, 0.25) is 0 Å². The molecule has 2 rings (SSSR count). The summed E-state index contributed by atoms with van der Waals surface area (Å²) in [5, 5.41) is 18.9. The predicted octanol–water partition coefficient (Wildman–Crippen LogP) is 1.21. The Morgan fingerprint density at radius 1 is 1.44 bits per heavy atom. The summed E-state index contributed by atoms with van der Waals surface area (Å²) >= 11 is 1.53. The van der Waals surface area contributed by atoms with Crippen molar-refractivity contribution >= 4 is 29.0 Å². The summed E-state index contributed by atoms with van der Waals surface area (Å²) in [7, 11) is 0. The maximum Gasteiger partial charge on any atom is 0.325 e. The summed E-state index contributed by atoms with van der Waals surface area (Å²) in [5.74, 6) is -0.792. The lowest BCUT2D eigenvalue weighted by molar-refractivity contribution is -0.137. The van der Waals surface area contributed by atoms with Crippen LogP contribution in [0.25, 0.3) is 0 Å². The second kappa shape index (κ2) is 5.46. The van der Waals surface area contributed by atoms with Gasteiger partial charge in [-0.25, -0.2) is 0 Å². The van der Waals surface area contributed by atoms with Gasteiger partial charge in [-0.2, -0.15) is 16.4 Å². The van der Waals surface area contributed by atoms with Gasteiger partial charge in [0, 0.05) is 12.3 Å². The smallest absolute Gasteiger partial charge is 0.325 e. The second-order valence-electron chi connectivity index (χ2n) is 3.65. The van der Waals surface area contributed by atoms with Gasteiger partial charge >= 0.3 is 5.97 Å². The third-order valence-electron chi connectivity index (χ3n) is 2.15. The van der Waals surface area contributed by atoms with E-state index in [0.29, 0.717) is 5.82 Å². The quantitative estimate of drug-likeness (QED) is 0.851. The van der Waals surface area contributed by atoms with Crippen LogP contribution in [0.5, 0.6) is 0 Å². The number of thiophene rings is 1. The van der Waals surface area contributed by atoms with Gasteiger partial charge in [0.05, 0.1) is 6.42 Å². The molecule has 0 aliphatic heterocycles. The number of aliphatic carboxylic acids is 1. The van der Waals surface area contributed by atoms with Gasteiger partial charge in [0.25, 0.3) is 0 Å². The third-order valence-corrected chi connectivity index (χ3v) is 2.88. The lowest BCUT2D eigenvalue weighted by Gasteiger charge is -2.00. The van der Waals surface area contributed by atoms with Crippen LogP contribution in [-0.4, -0.2) is 26.8 Å². The van der Waals surface area contributed by atoms with Crippen molar-refractivity contribution in [2.24, 2.45) is 0 Å². The maximum absolute atomic E-state index is 11.6. The molecular weight excluding hydrogens is 254 g/mol. The molecule has 7 heteroatoms. The van der Waals surface area contributed by atoms with Crippen molar-refractivity contribution in [3.8, 4) is 0 Å². The highest BCUT2D eigenvalue weighted by Crippen LogP contribution is 2.08. The molecule has 18 heavy (non-hydrogen) atoms. The number of carboxylic acid groups (broad SMARTS) is 1. The molecule has 0 bridgehead atoms. The number of hydrogen-bond donors (Lipinski definition) is 2. The van der Waals surface area contributed by atoms with Crippen LogP contribution in [0.15, 0.2) is 29.1 Å². The second-order valence-corrected chi connectivity index (χ2v) is 4.43. The molecule has 2 N–H and O–H groups in total. The number of anilines is 1. The predicted molar refractivity (Wildman–Crippen MR) is 66.5 cm³/mol. The first-order valence-corrected chi connectivity index (χ1v) is 6.14. The number of nitrogens with one attached hydrogen (secondary N) is 1. The van der Waals surface area contributed by atoms with Gasteiger partial charge in [0.2, 0.25) is 5.91 Å². The SMILES string of the molecule is O=C(O)Cn1ccc(NC(=O)Cc2ccsc2)n1. The summed E-state index contributed by atoms with van der Waals surface area (Å²) in [6.07, 6.45) is 1.80. The highest BCUT2D eigenvalue weighted by Gasteiger charge is 2.07.